The molecule has 2 aromatic rings. The average molecular weight is 372 g/mol. The first-order valence-corrected chi connectivity index (χ1v) is 8.62. The molecule has 27 heavy (non-hydrogen) atoms. The van der Waals surface area contributed by atoms with Crippen LogP contribution in [0.5, 0.6) is 0 Å². The van der Waals surface area contributed by atoms with E-state index >= 15 is 0 Å². The Labute approximate surface area is 156 Å². The number of nitrogens with zero attached hydrogens (tertiary/aromatic N) is 2. The van der Waals surface area contributed by atoms with Crippen LogP contribution in [0.3, 0.4) is 0 Å². The molecule has 1 aromatic heterocycles. The molecule has 1 N–H and O–H groups in total. The maximum atomic E-state index is 13.2. The molecular formula is C20H21FN2O4. The topological polar surface area (TPSA) is 74.0 Å². The van der Waals surface area contributed by atoms with Crippen LogP contribution in [0.15, 0.2) is 52.7 Å². The van der Waals surface area contributed by atoms with Gasteiger partial charge >= 0.3 is 0 Å². The number of carbonyl (C=O) groups is 2. The summed E-state index contributed by atoms with van der Waals surface area (Å²) < 4.78 is 18.6. The van der Waals surface area contributed by atoms with Gasteiger partial charge in [-0.15, -0.1) is 0 Å². The van der Waals surface area contributed by atoms with Gasteiger partial charge in [0.2, 0.25) is 0 Å². The number of likely N-dealkylation sites (tertiary alicyclic amines) is 1. The van der Waals surface area contributed by atoms with Crippen LogP contribution in [0, 0.1) is 5.82 Å². The smallest absolute Gasteiger partial charge is 0.295 e. The van der Waals surface area contributed by atoms with Gasteiger partial charge < -0.3 is 19.3 Å². The molecule has 1 aromatic carbocycles. The summed E-state index contributed by atoms with van der Waals surface area (Å²) in [5.41, 5.74) is 0.214. The second-order valence-electron chi connectivity index (χ2n) is 6.67. The van der Waals surface area contributed by atoms with Gasteiger partial charge in [0.25, 0.3) is 11.7 Å². The van der Waals surface area contributed by atoms with Crippen LogP contribution in [0.1, 0.15) is 23.8 Å². The lowest BCUT2D eigenvalue weighted by Crippen LogP contribution is -2.32. The number of halogens is 1. The molecular weight excluding hydrogens is 351 g/mol. The Balaban J connectivity index is 2.03. The van der Waals surface area contributed by atoms with Gasteiger partial charge in [0.05, 0.1) is 11.8 Å². The van der Waals surface area contributed by atoms with Gasteiger partial charge in [0, 0.05) is 12.1 Å². The lowest BCUT2D eigenvalue weighted by atomic mass is 9.99. The van der Waals surface area contributed by atoms with E-state index < -0.39 is 23.5 Å². The Bertz CT molecular complexity index is 857. The quantitative estimate of drug-likeness (QED) is 0.480. The van der Waals surface area contributed by atoms with E-state index in [9.17, 15) is 19.1 Å². The summed E-state index contributed by atoms with van der Waals surface area (Å²) in [5, 5.41) is 10.7. The molecule has 3 rings (SSSR count). The predicted octanol–water partition coefficient (Wildman–Crippen LogP) is 2.79. The van der Waals surface area contributed by atoms with Crippen LogP contribution in [-0.4, -0.2) is 53.8 Å². The third-order valence-electron chi connectivity index (χ3n) is 4.47. The van der Waals surface area contributed by atoms with Gasteiger partial charge in [-0.1, -0.05) is 0 Å². The largest absolute Gasteiger partial charge is 0.507 e. The van der Waals surface area contributed by atoms with Gasteiger partial charge in [0.15, 0.2) is 0 Å². The van der Waals surface area contributed by atoms with E-state index in [0.717, 1.165) is 6.54 Å². The second kappa shape index (κ2) is 7.75. The van der Waals surface area contributed by atoms with Crippen LogP contribution in [-0.2, 0) is 9.59 Å². The summed E-state index contributed by atoms with van der Waals surface area (Å²) in [5.74, 6) is -1.87. The summed E-state index contributed by atoms with van der Waals surface area (Å²) in [6, 6.07) is 7.61. The molecule has 2 heterocycles. The van der Waals surface area contributed by atoms with Crippen LogP contribution < -0.4 is 0 Å². The number of rotatable bonds is 6. The van der Waals surface area contributed by atoms with E-state index in [-0.39, 0.29) is 16.9 Å². The maximum absolute atomic E-state index is 13.2. The SMILES string of the molecule is CN(C)CCCN1C(=O)C(=O)/C(=C(\O)c2ccc(F)cc2)C1c1ccco1. The van der Waals surface area contributed by atoms with Crippen LogP contribution in [0.4, 0.5) is 4.39 Å². The number of hydrogen-bond acceptors (Lipinski definition) is 5. The zero-order valence-electron chi connectivity index (χ0n) is 15.2. The number of ketones is 1. The fourth-order valence-electron chi connectivity index (χ4n) is 3.17. The minimum absolute atomic E-state index is 0.0496. The second-order valence-corrected chi connectivity index (χ2v) is 6.67. The number of aliphatic hydroxyl groups excluding tert-OH is 1. The van der Waals surface area contributed by atoms with Gasteiger partial charge in [-0.25, -0.2) is 4.39 Å². The normalized spacial score (nSPS) is 19.3. The lowest BCUT2D eigenvalue weighted by molar-refractivity contribution is -0.140. The first-order valence-electron chi connectivity index (χ1n) is 8.62. The molecule has 0 spiro atoms. The highest BCUT2D eigenvalue weighted by Gasteiger charge is 2.47. The van der Waals surface area contributed by atoms with Crippen LogP contribution in [0.25, 0.3) is 5.76 Å². The first-order chi connectivity index (χ1) is 12.9. The minimum Gasteiger partial charge on any atom is -0.507 e. The molecule has 142 valence electrons. The molecule has 1 aliphatic heterocycles. The van der Waals surface area contributed by atoms with Crippen LogP contribution >= 0.6 is 0 Å². The van der Waals surface area contributed by atoms with Crippen molar-refractivity contribution in [3.05, 3.63) is 65.4 Å². The molecule has 0 aliphatic carbocycles. The Kier molecular flexibility index (Phi) is 5.41. The summed E-state index contributed by atoms with van der Waals surface area (Å²) in [6.07, 6.45) is 2.11. The summed E-state index contributed by atoms with van der Waals surface area (Å²) in [6.45, 7) is 1.08. The van der Waals surface area contributed by atoms with Crippen molar-refractivity contribution in [2.45, 2.75) is 12.5 Å². The van der Waals surface area contributed by atoms with E-state index in [1.54, 1.807) is 12.1 Å². The van der Waals surface area contributed by atoms with Gasteiger partial charge in [0.1, 0.15) is 23.4 Å². The minimum atomic E-state index is -0.813. The number of aliphatic hydroxyl groups is 1. The van der Waals surface area contributed by atoms with Crippen molar-refractivity contribution >= 4 is 17.4 Å². The number of hydrogen-bond donors (Lipinski definition) is 1. The van der Waals surface area contributed by atoms with Crippen molar-refractivity contribution in [1.29, 1.82) is 0 Å². The van der Waals surface area contributed by atoms with Crippen molar-refractivity contribution in [2.75, 3.05) is 27.2 Å². The van der Waals surface area contributed by atoms with Crippen LogP contribution in [0.2, 0.25) is 0 Å². The number of amides is 1. The molecule has 0 radical (unpaired) electrons. The summed E-state index contributed by atoms with van der Waals surface area (Å²) in [7, 11) is 3.85. The van der Waals surface area contributed by atoms with Gasteiger partial charge in [-0.3, -0.25) is 9.59 Å². The molecule has 1 fully saturated rings. The third-order valence-corrected chi connectivity index (χ3v) is 4.47. The van der Waals surface area contributed by atoms with Crippen molar-refractivity contribution in [3.63, 3.8) is 0 Å². The van der Waals surface area contributed by atoms with Crippen molar-refractivity contribution in [2.24, 2.45) is 0 Å². The highest BCUT2D eigenvalue weighted by atomic mass is 19.1. The fraction of sp³-hybridized carbons (Fsp3) is 0.300. The van der Waals surface area contributed by atoms with E-state index in [0.29, 0.717) is 18.7 Å². The number of Topliss-reactive ketones (excluding diaryl/α,β-unsaturated/α-hetero) is 1. The zero-order chi connectivity index (χ0) is 19.6. The van der Waals surface area contributed by atoms with E-state index in [1.807, 2.05) is 19.0 Å². The molecule has 1 atom stereocenters. The molecule has 1 unspecified atom stereocenters. The standard InChI is InChI=1S/C20H21FN2O4/c1-22(2)10-4-11-23-17(15-5-3-12-27-15)16(19(25)20(23)26)18(24)13-6-8-14(21)9-7-13/h3,5-9,12,17,24H,4,10-11H2,1-2H3/b18-16-. The summed E-state index contributed by atoms with van der Waals surface area (Å²) >= 11 is 0. The molecule has 1 saturated heterocycles. The van der Waals surface area contributed by atoms with Crippen molar-refractivity contribution in [3.8, 4) is 0 Å². The van der Waals surface area contributed by atoms with Crippen molar-refractivity contribution in [1.82, 2.24) is 9.80 Å². The number of benzene rings is 1. The van der Waals surface area contributed by atoms with E-state index in [2.05, 4.69) is 0 Å². The third kappa shape index (κ3) is 3.78. The number of furan rings is 1. The van der Waals surface area contributed by atoms with E-state index in [1.165, 1.54) is 35.4 Å². The summed E-state index contributed by atoms with van der Waals surface area (Å²) in [4.78, 5) is 28.7. The molecule has 0 bridgehead atoms. The molecule has 0 saturated carbocycles. The highest BCUT2D eigenvalue weighted by molar-refractivity contribution is 6.46. The lowest BCUT2D eigenvalue weighted by Gasteiger charge is -2.23. The Morgan fingerprint density at radius 3 is 2.52 bits per heavy atom. The molecule has 6 nitrogen and oxygen atoms in total. The Morgan fingerprint density at radius 1 is 1.22 bits per heavy atom. The number of carbonyl (C=O) groups excluding carboxylic acids is 2. The molecule has 1 aliphatic rings. The predicted molar refractivity (Wildman–Crippen MR) is 97.3 cm³/mol. The first kappa shape index (κ1) is 18.8. The highest BCUT2D eigenvalue weighted by Crippen LogP contribution is 2.39. The monoisotopic (exact) mass is 372 g/mol. The fourth-order valence-corrected chi connectivity index (χ4v) is 3.17. The Morgan fingerprint density at radius 2 is 1.93 bits per heavy atom. The Hall–Kier alpha value is -2.93. The molecule has 1 amide bonds. The molecule has 7 heteroatoms. The van der Waals surface area contributed by atoms with E-state index in [4.69, 9.17) is 4.42 Å². The van der Waals surface area contributed by atoms with Gasteiger partial charge in [-0.05, 0) is 63.5 Å². The van der Waals surface area contributed by atoms with Gasteiger partial charge in [-0.2, -0.15) is 0 Å². The maximum Gasteiger partial charge on any atom is 0.295 e. The zero-order valence-corrected chi connectivity index (χ0v) is 15.2. The van der Waals surface area contributed by atoms with Crippen molar-refractivity contribution < 1.29 is 23.5 Å². The average Bonchev–Trinajstić information content (AvgIpc) is 3.24.